The normalized spacial score (nSPS) is 17.8. The van der Waals surface area contributed by atoms with E-state index in [0.717, 1.165) is 37.7 Å². The fourth-order valence-corrected chi connectivity index (χ4v) is 3.23. The van der Waals surface area contributed by atoms with Gasteiger partial charge in [0.25, 0.3) is 5.91 Å². The quantitative estimate of drug-likeness (QED) is 0.818. The molecule has 4 rings (SSSR count). The Balaban J connectivity index is 1.37. The summed E-state index contributed by atoms with van der Waals surface area (Å²) in [4.78, 5) is 25.0. The molecule has 0 spiro atoms. The van der Waals surface area contributed by atoms with Gasteiger partial charge in [-0.05, 0) is 48.6 Å². The minimum atomic E-state index is 0.115. The van der Waals surface area contributed by atoms with Gasteiger partial charge >= 0.3 is 0 Å². The van der Waals surface area contributed by atoms with Crippen LogP contribution < -0.4 is 0 Å². The first kappa shape index (κ1) is 15.3. The highest BCUT2D eigenvalue weighted by Gasteiger charge is 2.37. The van der Waals surface area contributed by atoms with Crippen LogP contribution >= 0.6 is 0 Å². The van der Waals surface area contributed by atoms with Gasteiger partial charge < -0.3 is 4.90 Å². The molecule has 2 aliphatic rings. The van der Waals surface area contributed by atoms with Gasteiger partial charge in [0.1, 0.15) is 0 Å². The van der Waals surface area contributed by atoms with Gasteiger partial charge in [-0.2, -0.15) is 0 Å². The summed E-state index contributed by atoms with van der Waals surface area (Å²) < 4.78 is 0. The number of aromatic nitrogens is 2. The van der Waals surface area contributed by atoms with E-state index in [2.05, 4.69) is 27.0 Å². The Morgan fingerprint density at radius 1 is 1.04 bits per heavy atom. The van der Waals surface area contributed by atoms with Crippen LogP contribution in [0, 0.1) is 5.92 Å². The summed E-state index contributed by atoms with van der Waals surface area (Å²) in [5.74, 6) is 0.959. The molecule has 5 nitrogen and oxygen atoms in total. The largest absolute Gasteiger partial charge is 0.335 e. The first-order valence-electron chi connectivity index (χ1n) is 8.62. The molecule has 1 saturated carbocycles. The van der Waals surface area contributed by atoms with Gasteiger partial charge in [0, 0.05) is 62.6 Å². The second-order valence-corrected chi connectivity index (χ2v) is 6.83. The van der Waals surface area contributed by atoms with Gasteiger partial charge in [0.05, 0.1) is 0 Å². The Labute approximate surface area is 142 Å². The number of carbonyl (C=O) groups is 1. The van der Waals surface area contributed by atoms with Crippen molar-refractivity contribution in [1.29, 1.82) is 0 Å². The lowest BCUT2D eigenvalue weighted by molar-refractivity contribution is 0.0220. The molecule has 2 fully saturated rings. The average Bonchev–Trinajstić information content (AvgIpc) is 3.39. The Hall–Kier alpha value is -2.27. The van der Waals surface area contributed by atoms with E-state index in [-0.39, 0.29) is 5.91 Å². The van der Waals surface area contributed by atoms with Crippen molar-refractivity contribution < 1.29 is 4.79 Å². The SMILES string of the molecule is O=C(c1ccncc1)N1CC(N(Cc2ccncc2)CC2CC2)C1. The number of amides is 1. The predicted octanol–water partition coefficient (Wildman–Crippen LogP) is 2.21. The van der Waals surface area contributed by atoms with Gasteiger partial charge in [-0.1, -0.05) is 0 Å². The molecule has 1 amide bonds. The molecule has 0 N–H and O–H groups in total. The molecule has 3 heterocycles. The second kappa shape index (κ2) is 6.69. The number of rotatable bonds is 6. The first-order chi connectivity index (χ1) is 11.8. The Morgan fingerprint density at radius 3 is 2.29 bits per heavy atom. The first-order valence-corrected chi connectivity index (χ1v) is 8.62. The van der Waals surface area contributed by atoms with Crippen LogP contribution in [0.25, 0.3) is 0 Å². The molecular weight excluding hydrogens is 300 g/mol. The van der Waals surface area contributed by atoms with E-state index in [1.807, 2.05) is 17.3 Å². The van der Waals surface area contributed by atoms with E-state index in [1.165, 1.54) is 18.4 Å². The molecular formula is C19H22N4O. The molecule has 1 aliphatic heterocycles. The summed E-state index contributed by atoms with van der Waals surface area (Å²) >= 11 is 0. The molecule has 1 saturated heterocycles. The number of hydrogen-bond donors (Lipinski definition) is 0. The van der Waals surface area contributed by atoms with Crippen molar-refractivity contribution in [3.05, 3.63) is 60.2 Å². The predicted molar refractivity (Wildman–Crippen MR) is 91.3 cm³/mol. The molecule has 0 atom stereocenters. The Bertz CT molecular complexity index is 681. The number of carbonyl (C=O) groups excluding carboxylic acids is 1. The van der Waals surface area contributed by atoms with E-state index in [0.29, 0.717) is 6.04 Å². The molecule has 24 heavy (non-hydrogen) atoms. The van der Waals surface area contributed by atoms with Crippen LogP contribution in [0.3, 0.4) is 0 Å². The summed E-state index contributed by atoms with van der Waals surface area (Å²) in [6.45, 7) is 3.73. The summed E-state index contributed by atoms with van der Waals surface area (Å²) in [5.41, 5.74) is 2.02. The van der Waals surface area contributed by atoms with Gasteiger partial charge in [-0.15, -0.1) is 0 Å². The van der Waals surface area contributed by atoms with Gasteiger partial charge in [-0.3, -0.25) is 19.7 Å². The van der Waals surface area contributed by atoms with E-state index in [1.54, 1.807) is 24.5 Å². The summed E-state index contributed by atoms with van der Waals surface area (Å²) in [6.07, 6.45) is 9.74. The number of pyridine rings is 2. The minimum Gasteiger partial charge on any atom is -0.335 e. The maximum Gasteiger partial charge on any atom is 0.254 e. The van der Waals surface area contributed by atoms with Crippen molar-refractivity contribution in [2.75, 3.05) is 19.6 Å². The van der Waals surface area contributed by atoms with E-state index in [4.69, 9.17) is 0 Å². The molecule has 2 aromatic heterocycles. The van der Waals surface area contributed by atoms with Crippen molar-refractivity contribution in [2.24, 2.45) is 5.92 Å². The highest BCUT2D eigenvalue weighted by Crippen LogP contribution is 2.32. The molecule has 124 valence electrons. The van der Waals surface area contributed by atoms with E-state index >= 15 is 0 Å². The van der Waals surface area contributed by atoms with Crippen molar-refractivity contribution in [3.63, 3.8) is 0 Å². The molecule has 5 heteroatoms. The third-order valence-electron chi connectivity index (χ3n) is 4.92. The fourth-order valence-electron chi connectivity index (χ4n) is 3.23. The zero-order chi connectivity index (χ0) is 16.4. The van der Waals surface area contributed by atoms with Crippen LogP contribution in [-0.2, 0) is 6.54 Å². The van der Waals surface area contributed by atoms with Crippen LogP contribution in [0.4, 0.5) is 0 Å². The molecule has 0 unspecified atom stereocenters. The number of nitrogens with zero attached hydrogens (tertiary/aromatic N) is 4. The minimum absolute atomic E-state index is 0.115. The molecule has 1 aliphatic carbocycles. The Kier molecular flexibility index (Phi) is 4.26. The van der Waals surface area contributed by atoms with Crippen molar-refractivity contribution in [3.8, 4) is 0 Å². The number of likely N-dealkylation sites (tertiary alicyclic amines) is 1. The molecule has 2 aromatic rings. The smallest absolute Gasteiger partial charge is 0.254 e. The second-order valence-electron chi connectivity index (χ2n) is 6.83. The average molecular weight is 322 g/mol. The summed E-state index contributed by atoms with van der Waals surface area (Å²) in [6, 6.07) is 8.20. The van der Waals surface area contributed by atoms with Crippen molar-refractivity contribution in [2.45, 2.75) is 25.4 Å². The zero-order valence-electron chi connectivity index (χ0n) is 13.7. The third-order valence-corrected chi connectivity index (χ3v) is 4.92. The fraction of sp³-hybridized carbons (Fsp3) is 0.421. The molecule has 0 aromatic carbocycles. The van der Waals surface area contributed by atoms with Gasteiger partial charge in [0.2, 0.25) is 0 Å². The van der Waals surface area contributed by atoms with Crippen LogP contribution in [0.1, 0.15) is 28.8 Å². The molecule has 0 radical (unpaired) electrons. The lowest BCUT2D eigenvalue weighted by atomic mass is 10.0. The van der Waals surface area contributed by atoms with E-state index in [9.17, 15) is 4.79 Å². The highest BCUT2D eigenvalue weighted by atomic mass is 16.2. The summed E-state index contributed by atoms with van der Waals surface area (Å²) in [7, 11) is 0. The van der Waals surface area contributed by atoms with Crippen LogP contribution in [0.2, 0.25) is 0 Å². The third kappa shape index (κ3) is 3.46. The zero-order valence-corrected chi connectivity index (χ0v) is 13.7. The maximum atomic E-state index is 12.5. The van der Waals surface area contributed by atoms with E-state index < -0.39 is 0 Å². The lowest BCUT2D eigenvalue weighted by Crippen LogP contribution is -2.61. The number of hydrogen-bond acceptors (Lipinski definition) is 4. The Morgan fingerprint density at radius 2 is 1.67 bits per heavy atom. The van der Waals surface area contributed by atoms with Crippen LogP contribution in [0.5, 0.6) is 0 Å². The van der Waals surface area contributed by atoms with Crippen LogP contribution in [0.15, 0.2) is 49.1 Å². The van der Waals surface area contributed by atoms with Crippen LogP contribution in [-0.4, -0.2) is 51.4 Å². The molecule has 0 bridgehead atoms. The van der Waals surface area contributed by atoms with Gasteiger partial charge in [-0.25, -0.2) is 0 Å². The lowest BCUT2D eigenvalue weighted by Gasteiger charge is -2.45. The van der Waals surface area contributed by atoms with Gasteiger partial charge in [0.15, 0.2) is 0 Å². The van der Waals surface area contributed by atoms with Crippen molar-refractivity contribution in [1.82, 2.24) is 19.8 Å². The summed E-state index contributed by atoms with van der Waals surface area (Å²) in [5, 5.41) is 0. The highest BCUT2D eigenvalue weighted by molar-refractivity contribution is 5.94. The maximum absolute atomic E-state index is 12.5. The van der Waals surface area contributed by atoms with Crippen molar-refractivity contribution >= 4 is 5.91 Å². The monoisotopic (exact) mass is 322 g/mol. The standard InChI is InChI=1S/C19H22N4O/c24-19(17-5-9-21-10-6-17)23-13-18(14-23)22(11-15-1-2-15)12-16-3-7-20-8-4-16/h3-10,15,18H,1-2,11-14H2. The topological polar surface area (TPSA) is 49.3 Å².